The highest BCUT2D eigenvalue weighted by Gasteiger charge is 2.37. The number of para-hydroxylation sites is 1. The van der Waals surface area contributed by atoms with Gasteiger partial charge >= 0.3 is 6.09 Å². The van der Waals surface area contributed by atoms with Crippen molar-refractivity contribution in [2.75, 3.05) is 11.9 Å². The number of aryl methyl sites for hydroxylation is 2. The van der Waals surface area contributed by atoms with Crippen molar-refractivity contribution in [1.29, 1.82) is 0 Å². The standard InChI is InChI=1S/C34H50N4O5/c1-8-9-10-11-12-15-21-38(32(41)28(22-29(35)39)37-33(42)43-34(5,6)7)30(26-19-16-18-23(2)25(26)4)31(40)36-27-20-14-13-17-24(27)3/h13-14,16-20,28,30H,8-12,15,21-22H2,1-7H3,(H2,35,39)(H,36,40)(H,37,42). The Morgan fingerprint density at radius 1 is 0.884 bits per heavy atom. The molecule has 0 aliphatic rings. The maximum absolute atomic E-state index is 14.3. The Labute approximate surface area is 256 Å². The second-order valence-electron chi connectivity index (χ2n) is 12.2. The van der Waals surface area contributed by atoms with Gasteiger partial charge in [0.05, 0.1) is 6.42 Å². The molecule has 2 rings (SSSR count). The lowest BCUT2D eigenvalue weighted by Gasteiger charge is -2.35. The number of hydrogen-bond acceptors (Lipinski definition) is 5. The van der Waals surface area contributed by atoms with Crippen LogP contribution in [0.3, 0.4) is 0 Å². The summed E-state index contributed by atoms with van der Waals surface area (Å²) in [6, 6.07) is 10.7. The van der Waals surface area contributed by atoms with Crippen molar-refractivity contribution in [3.63, 3.8) is 0 Å². The first kappa shape index (κ1) is 35.3. The summed E-state index contributed by atoms with van der Waals surface area (Å²) in [5, 5.41) is 5.57. The summed E-state index contributed by atoms with van der Waals surface area (Å²) >= 11 is 0. The third kappa shape index (κ3) is 11.4. The van der Waals surface area contributed by atoms with Crippen molar-refractivity contribution >= 4 is 29.5 Å². The lowest BCUT2D eigenvalue weighted by Crippen LogP contribution is -2.53. The van der Waals surface area contributed by atoms with Crippen LogP contribution in [0.5, 0.6) is 0 Å². The molecule has 2 unspecified atom stereocenters. The van der Waals surface area contributed by atoms with E-state index in [1.165, 1.54) is 4.90 Å². The quantitative estimate of drug-likeness (QED) is 0.210. The van der Waals surface area contributed by atoms with Crippen LogP contribution in [0.25, 0.3) is 0 Å². The van der Waals surface area contributed by atoms with Gasteiger partial charge < -0.3 is 26.0 Å². The fraction of sp³-hybridized carbons (Fsp3) is 0.529. The van der Waals surface area contributed by atoms with Crippen LogP contribution in [0.2, 0.25) is 0 Å². The first-order chi connectivity index (χ1) is 20.2. The molecule has 9 nitrogen and oxygen atoms in total. The minimum Gasteiger partial charge on any atom is -0.444 e. The number of ether oxygens (including phenoxy) is 1. The molecular formula is C34H50N4O5. The summed E-state index contributed by atoms with van der Waals surface area (Å²) in [7, 11) is 0. The number of hydrogen-bond donors (Lipinski definition) is 3. The number of nitrogens with two attached hydrogens (primary N) is 1. The Bertz CT molecular complexity index is 1250. The highest BCUT2D eigenvalue weighted by molar-refractivity contribution is 6.00. The summed E-state index contributed by atoms with van der Waals surface area (Å²) in [4.78, 5) is 54.9. The molecule has 0 radical (unpaired) electrons. The minimum atomic E-state index is -1.31. The molecule has 0 saturated heterocycles. The van der Waals surface area contributed by atoms with Crippen LogP contribution in [0, 0.1) is 20.8 Å². The van der Waals surface area contributed by atoms with Crippen LogP contribution in [-0.4, -0.2) is 46.9 Å². The second kappa shape index (κ2) is 16.7. The van der Waals surface area contributed by atoms with E-state index >= 15 is 0 Å². The molecule has 4 N–H and O–H groups in total. The van der Waals surface area contributed by atoms with E-state index in [1.807, 2.05) is 63.2 Å². The van der Waals surface area contributed by atoms with Crippen LogP contribution in [0.4, 0.5) is 10.5 Å². The molecule has 0 aliphatic carbocycles. The summed E-state index contributed by atoms with van der Waals surface area (Å²) < 4.78 is 5.38. The van der Waals surface area contributed by atoms with Gasteiger partial charge in [-0.1, -0.05) is 75.4 Å². The average Bonchev–Trinajstić information content (AvgIpc) is 2.91. The summed E-state index contributed by atoms with van der Waals surface area (Å²) in [6.07, 6.45) is 4.55. The SMILES string of the molecule is CCCCCCCCN(C(=O)C(CC(N)=O)NC(=O)OC(C)(C)C)C(C(=O)Nc1ccccc1C)c1cccc(C)c1C. The molecule has 0 saturated carbocycles. The van der Waals surface area contributed by atoms with Gasteiger partial charge in [-0.05, 0) is 76.3 Å². The monoisotopic (exact) mass is 594 g/mol. The number of unbranched alkanes of at least 4 members (excludes halogenated alkanes) is 5. The number of primary amides is 1. The number of carbonyl (C=O) groups excluding carboxylic acids is 4. The Morgan fingerprint density at radius 3 is 2.14 bits per heavy atom. The predicted molar refractivity (Wildman–Crippen MR) is 171 cm³/mol. The van der Waals surface area contributed by atoms with Crippen molar-refractivity contribution in [3.05, 3.63) is 64.7 Å². The van der Waals surface area contributed by atoms with Crippen LogP contribution in [0.1, 0.15) is 101 Å². The zero-order valence-corrected chi connectivity index (χ0v) is 26.9. The van der Waals surface area contributed by atoms with Crippen molar-refractivity contribution < 1.29 is 23.9 Å². The third-order valence-electron chi connectivity index (χ3n) is 7.33. The molecule has 9 heteroatoms. The maximum atomic E-state index is 14.3. The molecule has 0 heterocycles. The van der Waals surface area contributed by atoms with E-state index in [9.17, 15) is 19.2 Å². The van der Waals surface area contributed by atoms with Gasteiger partial charge in [0.1, 0.15) is 17.7 Å². The number of nitrogens with zero attached hydrogens (tertiary/aromatic N) is 1. The topological polar surface area (TPSA) is 131 Å². The van der Waals surface area contributed by atoms with Crippen molar-refractivity contribution in [2.45, 2.75) is 111 Å². The molecular weight excluding hydrogens is 544 g/mol. The van der Waals surface area contributed by atoms with E-state index in [4.69, 9.17) is 10.5 Å². The molecule has 43 heavy (non-hydrogen) atoms. The lowest BCUT2D eigenvalue weighted by molar-refractivity contribution is -0.142. The molecule has 2 atom stereocenters. The summed E-state index contributed by atoms with van der Waals surface area (Å²) in [6.45, 7) is 13.3. The number of carbonyl (C=O) groups is 4. The number of amides is 4. The number of alkyl carbamates (subject to hydrolysis) is 1. The number of benzene rings is 2. The second-order valence-corrected chi connectivity index (χ2v) is 12.2. The van der Waals surface area contributed by atoms with Crippen LogP contribution >= 0.6 is 0 Å². The summed E-state index contributed by atoms with van der Waals surface area (Å²) in [5.41, 5.74) is 8.73. The summed E-state index contributed by atoms with van der Waals surface area (Å²) in [5.74, 6) is -1.73. The van der Waals surface area contributed by atoms with E-state index in [1.54, 1.807) is 20.8 Å². The van der Waals surface area contributed by atoms with Gasteiger partial charge in [-0.15, -0.1) is 0 Å². The molecule has 236 valence electrons. The van der Waals surface area contributed by atoms with Gasteiger partial charge in [0.2, 0.25) is 11.8 Å². The third-order valence-corrected chi connectivity index (χ3v) is 7.33. The molecule has 2 aromatic rings. The van der Waals surface area contributed by atoms with Gasteiger partial charge in [-0.3, -0.25) is 14.4 Å². The number of anilines is 1. The molecule has 0 fully saturated rings. The Hall–Kier alpha value is -3.88. The van der Waals surface area contributed by atoms with E-state index in [-0.39, 0.29) is 6.54 Å². The van der Waals surface area contributed by atoms with Crippen LogP contribution in [-0.2, 0) is 19.1 Å². The molecule has 0 aliphatic heterocycles. The average molecular weight is 595 g/mol. The predicted octanol–water partition coefficient (Wildman–Crippen LogP) is 6.25. The number of nitrogens with one attached hydrogen (secondary N) is 2. The van der Waals surface area contributed by atoms with E-state index < -0.39 is 47.9 Å². The largest absolute Gasteiger partial charge is 0.444 e. The fourth-order valence-electron chi connectivity index (χ4n) is 4.92. The molecule has 4 amide bonds. The zero-order chi connectivity index (χ0) is 32.2. The number of rotatable bonds is 15. The Kier molecular flexibility index (Phi) is 13.7. The van der Waals surface area contributed by atoms with E-state index in [0.29, 0.717) is 17.7 Å². The molecule has 0 bridgehead atoms. The van der Waals surface area contributed by atoms with E-state index in [2.05, 4.69) is 17.6 Å². The highest BCUT2D eigenvalue weighted by Crippen LogP contribution is 2.30. The normalized spacial score (nSPS) is 12.6. The Balaban J connectivity index is 2.59. The molecule has 0 aromatic heterocycles. The van der Waals surface area contributed by atoms with E-state index in [0.717, 1.165) is 48.8 Å². The zero-order valence-electron chi connectivity index (χ0n) is 26.9. The maximum Gasteiger partial charge on any atom is 0.408 e. The minimum absolute atomic E-state index is 0.245. The van der Waals surface area contributed by atoms with Gasteiger partial charge in [-0.2, -0.15) is 0 Å². The first-order valence-corrected chi connectivity index (χ1v) is 15.3. The first-order valence-electron chi connectivity index (χ1n) is 15.3. The van der Waals surface area contributed by atoms with Crippen LogP contribution in [0.15, 0.2) is 42.5 Å². The van der Waals surface area contributed by atoms with Crippen molar-refractivity contribution in [3.8, 4) is 0 Å². The Morgan fingerprint density at radius 2 is 1.51 bits per heavy atom. The highest BCUT2D eigenvalue weighted by atomic mass is 16.6. The smallest absolute Gasteiger partial charge is 0.408 e. The van der Waals surface area contributed by atoms with Crippen LogP contribution < -0.4 is 16.4 Å². The van der Waals surface area contributed by atoms with Crippen molar-refractivity contribution in [2.24, 2.45) is 5.73 Å². The van der Waals surface area contributed by atoms with Gasteiger partial charge in [0.25, 0.3) is 5.91 Å². The van der Waals surface area contributed by atoms with Gasteiger partial charge in [0.15, 0.2) is 0 Å². The van der Waals surface area contributed by atoms with Gasteiger partial charge in [-0.25, -0.2) is 4.79 Å². The van der Waals surface area contributed by atoms with Crippen molar-refractivity contribution in [1.82, 2.24) is 10.2 Å². The lowest BCUT2D eigenvalue weighted by atomic mass is 9.94. The molecule has 0 spiro atoms. The molecule has 2 aromatic carbocycles. The van der Waals surface area contributed by atoms with Gasteiger partial charge in [0, 0.05) is 12.2 Å². The fourth-order valence-corrected chi connectivity index (χ4v) is 4.92.